The first-order chi connectivity index (χ1) is 12.8. The van der Waals surface area contributed by atoms with Crippen molar-refractivity contribution in [2.45, 2.75) is 37.8 Å². The first-order valence-electron chi connectivity index (χ1n) is 8.97. The lowest BCUT2D eigenvalue weighted by molar-refractivity contribution is -0.106. The largest absolute Gasteiger partial charge is 0.497 e. The molecule has 26 heavy (non-hydrogen) atoms. The maximum absolute atomic E-state index is 13.0. The van der Waals surface area contributed by atoms with Crippen molar-refractivity contribution in [3.8, 4) is 11.5 Å². The molecule has 0 aliphatic carbocycles. The fourth-order valence-electron chi connectivity index (χ4n) is 3.24. The number of hydrogen-bond donors (Lipinski definition) is 0. The molecule has 2 saturated heterocycles. The predicted octanol–water partition coefficient (Wildman–Crippen LogP) is 3.92. The van der Waals surface area contributed by atoms with E-state index < -0.39 is 6.10 Å². The van der Waals surface area contributed by atoms with E-state index in [0.717, 1.165) is 24.8 Å². The molecule has 1 unspecified atom stereocenters. The van der Waals surface area contributed by atoms with E-state index in [-0.39, 0.29) is 18.2 Å². The Bertz CT molecular complexity index is 767. The highest BCUT2D eigenvalue weighted by molar-refractivity contribution is 6.03. The zero-order chi connectivity index (χ0) is 17.9. The molecule has 136 valence electrons. The van der Waals surface area contributed by atoms with Crippen LogP contribution < -0.4 is 9.47 Å². The van der Waals surface area contributed by atoms with Crippen molar-refractivity contribution < 1.29 is 23.7 Å². The van der Waals surface area contributed by atoms with E-state index in [1.54, 1.807) is 25.3 Å². The van der Waals surface area contributed by atoms with Gasteiger partial charge in [-0.3, -0.25) is 4.79 Å². The highest BCUT2D eigenvalue weighted by atomic mass is 16.7. The molecule has 0 radical (unpaired) electrons. The van der Waals surface area contributed by atoms with Gasteiger partial charge in [-0.25, -0.2) is 0 Å². The summed E-state index contributed by atoms with van der Waals surface area (Å²) in [5, 5.41) is 0. The third-order valence-corrected chi connectivity index (χ3v) is 4.73. The Morgan fingerprint density at radius 3 is 2.69 bits per heavy atom. The quantitative estimate of drug-likeness (QED) is 0.581. The van der Waals surface area contributed by atoms with Gasteiger partial charge in [-0.05, 0) is 30.5 Å². The van der Waals surface area contributed by atoms with Crippen molar-refractivity contribution in [1.29, 1.82) is 0 Å². The third-order valence-electron chi connectivity index (χ3n) is 4.73. The first kappa shape index (κ1) is 17.1. The van der Waals surface area contributed by atoms with E-state index in [9.17, 15) is 4.79 Å². The van der Waals surface area contributed by atoms with Crippen LogP contribution in [0.15, 0.2) is 48.5 Å². The summed E-state index contributed by atoms with van der Waals surface area (Å²) in [7, 11) is 1.59. The van der Waals surface area contributed by atoms with Crippen LogP contribution in [0.3, 0.4) is 0 Å². The second kappa shape index (κ2) is 7.48. The van der Waals surface area contributed by atoms with Gasteiger partial charge in [0.2, 0.25) is 0 Å². The standard InChI is InChI=1S/C21H22O5/c1-23-15-10-11-16(17(13-15)25-18-9-5-6-12-24-18)19(22)21-20(26-21)14-7-3-2-4-8-14/h2-4,7-8,10-11,13,18,20-21H,5-6,9,12H2,1H3/t18?,20-,21-/m1/s1. The molecule has 0 bridgehead atoms. The molecule has 0 N–H and O–H groups in total. The van der Waals surface area contributed by atoms with E-state index in [1.807, 2.05) is 30.3 Å². The van der Waals surface area contributed by atoms with Crippen molar-refractivity contribution in [1.82, 2.24) is 0 Å². The van der Waals surface area contributed by atoms with Gasteiger partial charge in [0.25, 0.3) is 0 Å². The monoisotopic (exact) mass is 354 g/mol. The van der Waals surface area contributed by atoms with Crippen molar-refractivity contribution in [3.63, 3.8) is 0 Å². The minimum atomic E-state index is -0.472. The molecule has 2 heterocycles. The number of Topliss-reactive ketones (excluding diaryl/α,β-unsaturated/α-hetero) is 1. The lowest BCUT2D eigenvalue weighted by atomic mass is 10.0. The number of benzene rings is 2. The molecule has 5 nitrogen and oxygen atoms in total. The van der Waals surface area contributed by atoms with Gasteiger partial charge in [-0.2, -0.15) is 0 Å². The van der Waals surface area contributed by atoms with Crippen LogP contribution in [0.4, 0.5) is 0 Å². The highest BCUT2D eigenvalue weighted by Gasteiger charge is 2.47. The zero-order valence-corrected chi connectivity index (χ0v) is 14.7. The summed E-state index contributed by atoms with van der Waals surface area (Å²) in [6.07, 6.45) is 1.92. The number of epoxide rings is 1. The predicted molar refractivity (Wildman–Crippen MR) is 95.6 cm³/mol. The molecule has 2 aromatic carbocycles. The molecule has 3 atom stereocenters. The SMILES string of the molecule is COc1ccc(C(=O)[C@H]2O[C@@H]2c2ccccc2)c(OC2CCCCO2)c1. The van der Waals surface area contributed by atoms with Gasteiger partial charge in [-0.1, -0.05) is 30.3 Å². The number of ether oxygens (including phenoxy) is 4. The molecule has 2 aromatic rings. The fraction of sp³-hybridized carbons (Fsp3) is 0.381. The molecule has 0 saturated carbocycles. The first-order valence-corrected chi connectivity index (χ1v) is 8.97. The maximum Gasteiger partial charge on any atom is 0.199 e. The summed E-state index contributed by atoms with van der Waals surface area (Å²) in [5.41, 5.74) is 1.51. The van der Waals surface area contributed by atoms with Crippen LogP contribution >= 0.6 is 0 Å². The van der Waals surface area contributed by atoms with Crippen LogP contribution in [0.2, 0.25) is 0 Å². The maximum atomic E-state index is 13.0. The van der Waals surface area contributed by atoms with Crippen molar-refractivity contribution >= 4 is 5.78 Å². The van der Waals surface area contributed by atoms with E-state index >= 15 is 0 Å². The van der Waals surface area contributed by atoms with E-state index in [2.05, 4.69) is 0 Å². The Hall–Kier alpha value is -2.37. The average molecular weight is 354 g/mol. The number of ketones is 1. The minimum absolute atomic E-state index is 0.0766. The normalized spacial score (nSPS) is 24.7. The van der Waals surface area contributed by atoms with Crippen LogP contribution in [0.25, 0.3) is 0 Å². The molecule has 0 aromatic heterocycles. The number of hydrogen-bond acceptors (Lipinski definition) is 5. The van der Waals surface area contributed by atoms with E-state index in [0.29, 0.717) is 23.7 Å². The molecule has 4 rings (SSSR count). The van der Waals surface area contributed by atoms with Crippen LogP contribution in [-0.4, -0.2) is 31.9 Å². The van der Waals surface area contributed by atoms with Crippen LogP contribution in [0, 0.1) is 0 Å². The average Bonchev–Trinajstić information content (AvgIpc) is 3.50. The third kappa shape index (κ3) is 3.59. The highest BCUT2D eigenvalue weighted by Crippen LogP contribution is 2.42. The summed E-state index contributed by atoms with van der Waals surface area (Å²) in [6, 6.07) is 15.0. The van der Waals surface area contributed by atoms with Gasteiger partial charge < -0.3 is 18.9 Å². The van der Waals surface area contributed by atoms with Crippen molar-refractivity contribution in [2.75, 3.05) is 13.7 Å². The number of methoxy groups -OCH3 is 1. The molecule has 2 aliphatic heterocycles. The van der Waals surface area contributed by atoms with E-state index in [4.69, 9.17) is 18.9 Å². The zero-order valence-electron chi connectivity index (χ0n) is 14.7. The summed E-state index contributed by atoms with van der Waals surface area (Å²) in [5.74, 6) is 1.06. The fourth-order valence-corrected chi connectivity index (χ4v) is 3.24. The molecule has 5 heteroatoms. The molecular weight excluding hydrogens is 332 g/mol. The van der Waals surface area contributed by atoms with E-state index in [1.165, 1.54) is 0 Å². The van der Waals surface area contributed by atoms with Crippen LogP contribution in [-0.2, 0) is 9.47 Å². The van der Waals surface area contributed by atoms with Crippen molar-refractivity contribution in [2.24, 2.45) is 0 Å². The van der Waals surface area contributed by atoms with Crippen LogP contribution in [0.5, 0.6) is 11.5 Å². The number of carbonyl (C=O) groups excluding carboxylic acids is 1. The Kier molecular flexibility index (Phi) is 4.91. The lowest BCUT2D eigenvalue weighted by Gasteiger charge is -2.24. The summed E-state index contributed by atoms with van der Waals surface area (Å²) in [6.45, 7) is 0.680. The number of rotatable bonds is 6. The van der Waals surface area contributed by atoms with Crippen LogP contribution in [0.1, 0.15) is 41.3 Å². The molecule has 0 spiro atoms. The minimum Gasteiger partial charge on any atom is -0.497 e. The van der Waals surface area contributed by atoms with Crippen molar-refractivity contribution in [3.05, 3.63) is 59.7 Å². The summed E-state index contributed by atoms with van der Waals surface area (Å²) in [4.78, 5) is 13.0. The molecule has 2 aliphatic rings. The lowest BCUT2D eigenvalue weighted by Crippen LogP contribution is -2.26. The topological polar surface area (TPSA) is 57.3 Å². The second-order valence-electron chi connectivity index (χ2n) is 6.53. The van der Waals surface area contributed by atoms with Gasteiger partial charge in [0.15, 0.2) is 18.2 Å². The summed E-state index contributed by atoms with van der Waals surface area (Å²) >= 11 is 0. The van der Waals surface area contributed by atoms with Gasteiger partial charge in [0, 0.05) is 12.5 Å². The molecule has 2 fully saturated rings. The van der Waals surface area contributed by atoms with Gasteiger partial charge in [-0.15, -0.1) is 0 Å². The van der Waals surface area contributed by atoms with Gasteiger partial charge >= 0.3 is 0 Å². The summed E-state index contributed by atoms with van der Waals surface area (Å²) < 4.78 is 22.6. The molecular formula is C21H22O5. The Morgan fingerprint density at radius 2 is 1.96 bits per heavy atom. The Balaban J connectivity index is 1.54. The van der Waals surface area contributed by atoms with Gasteiger partial charge in [0.1, 0.15) is 17.6 Å². The Morgan fingerprint density at radius 1 is 1.12 bits per heavy atom. The van der Waals surface area contributed by atoms with Gasteiger partial charge in [0.05, 0.1) is 19.3 Å². The smallest absolute Gasteiger partial charge is 0.199 e. The molecule has 0 amide bonds. The number of carbonyl (C=O) groups is 1. The Labute approximate surface area is 152 Å². The second-order valence-corrected chi connectivity index (χ2v) is 6.53.